The number of rotatable bonds is 5. The van der Waals surface area contributed by atoms with E-state index in [0.717, 1.165) is 6.42 Å². The first-order chi connectivity index (χ1) is 8.13. The van der Waals surface area contributed by atoms with Crippen LogP contribution in [0.4, 0.5) is 4.79 Å². The molecule has 0 atom stereocenters. The number of nitrogens with two attached hydrogens (primary N) is 1. The second-order valence-corrected chi connectivity index (χ2v) is 3.47. The van der Waals surface area contributed by atoms with E-state index in [9.17, 15) is 9.59 Å². The van der Waals surface area contributed by atoms with Gasteiger partial charge in [-0.25, -0.2) is 10.2 Å². The highest BCUT2D eigenvalue weighted by Crippen LogP contribution is 2.06. The number of benzene rings is 1. The highest BCUT2D eigenvalue weighted by Gasteiger charge is 2.03. The number of carbonyl (C=O) groups excluding carboxylic acids is 2. The van der Waals surface area contributed by atoms with Crippen molar-refractivity contribution >= 4 is 18.0 Å². The summed E-state index contributed by atoms with van der Waals surface area (Å²) in [6.45, 7) is 2.05. The molecule has 1 rings (SSSR count). The van der Waals surface area contributed by atoms with Crippen molar-refractivity contribution in [3.05, 3.63) is 35.4 Å². The summed E-state index contributed by atoms with van der Waals surface area (Å²) in [6, 6.07) is 6.67. The van der Waals surface area contributed by atoms with Crippen molar-refractivity contribution in [2.24, 2.45) is 10.8 Å². The summed E-state index contributed by atoms with van der Waals surface area (Å²) in [5.74, 6) is -0.0531. The van der Waals surface area contributed by atoms with E-state index in [-0.39, 0.29) is 12.2 Å². The molecule has 0 heterocycles. The molecule has 0 aromatic heterocycles. The van der Waals surface area contributed by atoms with Gasteiger partial charge in [0.05, 0.1) is 0 Å². The van der Waals surface area contributed by atoms with Crippen LogP contribution >= 0.6 is 0 Å². The lowest BCUT2D eigenvalue weighted by Crippen LogP contribution is -2.24. The number of hydrogen-bond acceptors (Lipinski definition) is 3. The normalized spacial score (nSPS) is 10.4. The first-order valence-corrected chi connectivity index (χ1v) is 5.32. The van der Waals surface area contributed by atoms with Crippen LogP contribution in [0.1, 0.15) is 29.3 Å². The van der Waals surface area contributed by atoms with Gasteiger partial charge >= 0.3 is 6.03 Å². The Hall–Kier alpha value is -2.17. The zero-order valence-electron chi connectivity index (χ0n) is 9.64. The molecule has 90 valence electrons. The van der Waals surface area contributed by atoms with Crippen LogP contribution in [0.3, 0.4) is 0 Å². The Kier molecular flexibility index (Phi) is 4.87. The van der Waals surface area contributed by atoms with Crippen LogP contribution in [-0.4, -0.2) is 18.0 Å². The van der Waals surface area contributed by atoms with Crippen molar-refractivity contribution in [1.82, 2.24) is 5.43 Å². The number of carbonyl (C=O) groups is 2. The maximum Gasteiger partial charge on any atom is 0.332 e. The molecule has 0 aliphatic carbocycles. The Morgan fingerprint density at radius 1 is 1.35 bits per heavy atom. The third kappa shape index (κ3) is 4.46. The summed E-state index contributed by atoms with van der Waals surface area (Å²) < 4.78 is 0. The molecule has 0 fully saturated rings. The van der Waals surface area contributed by atoms with Gasteiger partial charge in [0.2, 0.25) is 0 Å². The molecule has 0 aliphatic rings. The molecule has 0 unspecified atom stereocenters. The van der Waals surface area contributed by atoms with Crippen molar-refractivity contribution in [3.8, 4) is 0 Å². The molecule has 2 amide bonds. The Morgan fingerprint density at radius 3 is 2.53 bits per heavy atom. The predicted molar refractivity (Wildman–Crippen MR) is 66.0 cm³/mol. The molecule has 5 nitrogen and oxygen atoms in total. The van der Waals surface area contributed by atoms with E-state index >= 15 is 0 Å². The number of amides is 2. The lowest BCUT2D eigenvalue weighted by molar-refractivity contribution is 0.100. The quantitative estimate of drug-likeness (QED) is 0.458. The van der Waals surface area contributed by atoms with Crippen LogP contribution in [0.5, 0.6) is 0 Å². The Bertz CT molecular complexity index is 424. The van der Waals surface area contributed by atoms with E-state index in [0.29, 0.717) is 5.56 Å². The second kappa shape index (κ2) is 6.42. The van der Waals surface area contributed by atoms with Crippen LogP contribution < -0.4 is 11.2 Å². The van der Waals surface area contributed by atoms with E-state index < -0.39 is 6.03 Å². The molecule has 5 heteroatoms. The highest BCUT2D eigenvalue weighted by atomic mass is 16.2. The van der Waals surface area contributed by atoms with Crippen LogP contribution in [0.15, 0.2) is 29.4 Å². The van der Waals surface area contributed by atoms with Gasteiger partial charge in [0.1, 0.15) is 0 Å². The van der Waals surface area contributed by atoms with E-state index in [2.05, 4.69) is 12.0 Å². The maximum absolute atomic E-state index is 11.7. The number of hydrogen-bond donors (Lipinski definition) is 2. The van der Waals surface area contributed by atoms with Gasteiger partial charge in [-0.05, 0) is 12.0 Å². The minimum Gasteiger partial charge on any atom is -0.350 e. The fraction of sp³-hybridized carbons (Fsp3) is 0.250. The van der Waals surface area contributed by atoms with Crippen molar-refractivity contribution < 1.29 is 9.59 Å². The summed E-state index contributed by atoms with van der Waals surface area (Å²) in [5.41, 5.74) is 8.65. The summed E-state index contributed by atoms with van der Waals surface area (Å²) >= 11 is 0. The van der Waals surface area contributed by atoms with Gasteiger partial charge in [0, 0.05) is 18.2 Å². The lowest BCUT2D eigenvalue weighted by Gasteiger charge is -1.99. The predicted octanol–water partition coefficient (Wildman–Crippen LogP) is 1.48. The van der Waals surface area contributed by atoms with E-state index in [1.807, 2.05) is 17.6 Å². The number of primary amides is 1. The number of nitrogens with zero attached hydrogens (tertiary/aromatic N) is 1. The van der Waals surface area contributed by atoms with Gasteiger partial charge < -0.3 is 5.73 Å². The molecule has 0 bridgehead atoms. The Balaban J connectivity index is 2.52. The van der Waals surface area contributed by atoms with Gasteiger partial charge in [-0.1, -0.05) is 31.2 Å². The number of aryl methyl sites for hydroxylation is 1. The van der Waals surface area contributed by atoms with Crippen molar-refractivity contribution in [2.75, 3.05) is 0 Å². The average molecular weight is 233 g/mol. The van der Waals surface area contributed by atoms with E-state index in [1.165, 1.54) is 11.8 Å². The molecule has 3 N–H and O–H groups in total. The molecular formula is C12H15N3O2. The van der Waals surface area contributed by atoms with E-state index in [1.54, 1.807) is 12.1 Å². The zero-order chi connectivity index (χ0) is 12.7. The molecule has 1 aromatic rings. The van der Waals surface area contributed by atoms with Gasteiger partial charge in [-0.3, -0.25) is 4.79 Å². The molecule has 17 heavy (non-hydrogen) atoms. The minimum atomic E-state index is -0.749. The van der Waals surface area contributed by atoms with Crippen molar-refractivity contribution in [3.63, 3.8) is 0 Å². The lowest BCUT2D eigenvalue weighted by atomic mass is 10.1. The summed E-state index contributed by atoms with van der Waals surface area (Å²) in [7, 11) is 0. The van der Waals surface area contributed by atoms with Gasteiger partial charge in [-0.15, -0.1) is 0 Å². The fourth-order valence-electron chi connectivity index (χ4n) is 1.28. The summed E-state index contributed by atoms with van der Waals surface area (Å²) in [4.78, 5) is 22.0. The minimum absolute atomic E-state index is 0.0531. The molecule has 0 radical (unpaired) electrons. The molecular weight excluding hydrogens is 218 g/mol. The fourth-order valence-corrected chi connectivity index (χ4v) is 1.28. The number of nitrogens with one attached hydrogen (secondary N) is 1. The molecule has 0 saturated heterocycles. The third-order valence-corrected chi connectivity index (χ3v) is 2.23. The SMILES string of the molecule is CCc1ccc(C(=O)C/C=N\NC(N)=O)cc1. The molecule has 1 aromatic carbocycles. The van der Waals surface area contributed by atoms with Crippen molar-refractivity contribution in [1.29, 1.82) is 0 Å². The Labute approximate surface area is 99.7 Å². The number of urea groups is 1. The molecule has 0 saturated carbocycles. The summed E-state index contributed by atoms with van der Waals surface area (Å²) in [5, 5.41) is 3.50. The highest BCUT2D eigenvalue weighted by molar-refractivity contribution is 6.03. The number of ketones is 1. The topological polar surface area (TPSA) is 84.6 Å². The van der Waals surface area contributed by atoms with E-state index in [4.69, 9.17) is 5.73 Å². The van der Waals surface area contributed by atoms with Crippen molar-refractivity contribution in [2.45, 2.75) is 19.8 Å². The zero-order valence-corrected chi connectivity index (χ0v) is 9.64. The van der Waals surface area contributed by atoms with Gasteiger partial charge in [-0.2, -0.15) is 5.10 Å². The van der Waals surface area contributed by atoms with Crippen LogP contribution in [0, 0.1) is 0 Å². The van der Waals surface area contributed by atoms with Crippen LogP contribution in [0.25, 0.3) is 0 Å². The molecule has 0 aliphatic heterocycles. The monoisotopic (exact) mass is 233 g/mol. The first kappa shape index (κ1) is 12.9. The van der Waals surface area contributed by atoms with Gasteiger partial charge in [0.25, 0.3) is 0 Å². The maximum atomic E-state index is 11.7. The number of hydrazone groups is 1. The van der Waals surface area contributed by atoms with Crippen LogP contribution in [-0.2, 0) is 6.42 Å². The molecule has 0 spiro atoms. The van der Waals surface area contributed by atoms with Crippen LogP contribution in [0.2, 0.25) is 0 Å². The standard InChI is InChI=1S/C12H15N3O2/c1-2-9-3-5-10(6-4-9)11(16)7-8-14-15-12(13)17/h3-6,8H,2,7H2,1H3,(H3,13,15,17)/b14-8-. The largest absolute Gasteiger partial charge is 0.350 e. The third-order valence-electron chi connectivity index (χ3n) is 2.23. The average Bonchev–Trinajstić information content (AvgIpc) is 2.34. The second-order valence-electron chi connectivity index (χ2n) is 3.47. The number of Topliss-reactive ketones (excluding diaryl/α,β-unsaturated/α-hetero) is 1. The summed E-state index contributed by atoms with van der Waals surface area (Å²) in [6.07, 6.45) is 2.39. The first-order valence-electron chi connectivity index (χ1n) is 5.32. The Morgan fingerprint density at radius 2 is 2.00 bits per heavy atom. The van der Waals surface area contributed by atoms with Gasteiger partial charge in [0.15, 0.2) is 5.78 Å². The smallest absolute Gasteiger partial charge is 0.332 e.